The molecule has 0 saturated heterocycles. The predicted molar refractivity (Wildman–Crippen MR) is 83.6 cm³/mol. The van der Waals surface area contributed by atoms with E-state index in [1.807, 2.05) is 20.2 Å². The van der Waals surface area contributed by atoms with Gasteiger partial charge in [0, 0.05) is 24.7 Å². The molecule has 0 spiro atoms. The molecular weight excluding hydrogens is 272 g/mol. The second kappa shape index (κ2) is 9.07. The molecule has 0 bridgehead atoms. The van der Waals surface area contributed by atoms with Crippen molar-refractivity contribution in [3.63, 3.8) is 0 Å². The molecule has 0 aliphatic rings. The Morgan fingerprint density at radius 1 is 1.14 bits per heavy atom. The van der Waals surface area contributed by atoms with Gasteiger partial charge < -0.3 is 10.6 Å². The van der Waals surface area contributed by atoms with Crippen molar-refractivity contribution in [1.29, 1.82) is 0 Å². The molecule has 21 heavy (non-hydrogen) atoms. The van der Waals surface area contributed by atoms with E-state index in [0.29, 0.717) is 6.54 Å². The Bertz CT molecular complexity index is 410. The van der Waals surface area contributed by atoms with Crippen LogP contribution in [0.25, 0.3) is 0 Å². The maximum Gasteiger partial charge on any atom is 0.263 e. The quantitative estimate of drug-likeness (QED) is 0.761. The maximum atomic E-state index is 12.8. The second-order valence-electron chi connectivity index (χ2n) is 5.51. The lowest BCUT2D eigenvalue weighted by atomic mass is 10.0. The minimum Gasteiger partial charge on any atom is -0.329 e. The average Bonchev–Trinajstić information content (AvgIpc) is 2.46. The average molecular weight is 299 g/mol. The SMILES string of the molecule is CCN(CCCN(C)C)C(CN)c1cccc(C(F)F)c1. The summed E-state index contributed by atoms with van der Waals surface area (Å²) in [4.78, 5) is 4.40. The number of nitrogens with zero attached hydrogens (tertiary/aromatic N) is 2. The van der Waals surface area contributed by atoms with Crippen LogP contribution in [0.5, 0.6) is 0 Å². The second-order valence-corrected chi connectivity index (χ2v) is 5.51. The van der Waals surface area contributed by atoms with E-state index < -0.39 is 6.43 Å². The Kier molecular flexibility index (Phi) is 7.78. The smallest absolute Gasteiger partial charge is 0.263 e. The first-order valence-electron chi connectivity index (χ1n) is 7.46. The van der Waals surface area contributed by atoms with Crippen LogP contribution in [-0.4, -0.2) is 50.1 Å². The summed E-state index contributed by atoms with van der Waals surface area (Å²) in [5, 5.41) is 0. The highest BCUT2D eigenvalue weighted by Crippen LogP contribution is 2.25. The summed E-state index contributed by atoms with van der Waals surface area (Å²) in [6.45, 7) is 5.28. The molecule has 0 aromatic heterocycles. The number of alkyl halides is 2. The molecule has 1 rings (SSSR count). The number of benzene rings is 1. The number of hydrogen-bond acceptors (Lipinski definition) is 3. The third-order valence-corrected chi connectivity index (χ3v) is 3.67. The topological polar surface area (TPSA) is 32.5 Å². The first-order chi connectivity index (χ1) is 9.99. The van der Waals surface area contributed by atoms with Crippen molar-refractivity contribution in [1.82, 2.24) is 9.80 Å². The lowest BCUT2D eigenvalue weighted by Gasteiger charge is -2.31. The summed E-state index contributed by atoms with van der Waals surface area (Å²) in [5.41, 5.74) is 6.84. The van der Waals surface area contributed by atoms with Crippen LogP contribution in [0, 0.1) is 0 Å². The third kappa shape index (κ3) is 5.69. The van der Waals surface area contributed by atoms with Crippen LogP contribution in [0.1, 0.15) is 36.9 Å². The van der Waals surface area contributed by atoms with E-state index in [4.69, 9.17) is 5.73 Å². The molecule has 0 saturated carbocycles. The monoisotopic (exact) mass is 299 g/mol. The van der Waals surface area contributed by atoms with Crippen LogP contribution in [0.15, 0.2) is 24.3 Å². The van der Waals surface area contributed by atoms with Crippen molar-refractivity contribution in [3.05, 3.63) is 35.4 Å². The third-order valence-electron chi connectivity index (χ3n) is 3.67. The summed E-state index contributed by atoms with van der Waals surface area (Å²) < 4.78 is 25.7. The molecule has 5 heteroatoms. The first-order valence-corrected chi connectivity index (χ1v) is 7.46. The summed E-state index contributed by atoms with van der Waals surface area (Å²) in [6.07, 6.45) is -1.40. The number of hydrogen-bond donors (Lipinski definition) is 1. The molecule has 0 aliphatic heterocycles. The summed E-state index contributed by atoms with van der Waals surface area (Å²) in [7, 11) is 4.09. The number of rotatable bonds is 9. The Morgan fingerprint density at radius 3 is 2.33 bits per heavy atom. The molecule has 0 heterocycles. The van der Waals surface area contributed by atoms with E-state index in [1.165, 1.54) is 6.07 Å². The lowest BCUT2D eigenvalue weighted by molar-refractivity contribution is 0.150. The van der Waals surface area contributed by atoms with E-state index in [1.54, 1.807) is 12.1 Å². The first kappa shape index (κ1) is 18.0. The van der Waals surface area contributed by atoms with Crippen LogP contribution in [0.3, 0.4) is 0 Å². The highest BCUT2D eigenvalue weighted by atomic mass is 19.3. The molecule has 1 aromatic rings. The van der Waals surface area contributed by atoms with Gasteiger partial charge in [0.25, 0.3) is 6.43 Å². The predicted octanol–water partition coefficient (Wildman–Crippen LogP) is 2.90. The lowest BCUT2D eigenvalue weighted by Crippen LogP contribution is -2.35. The van der Waals surface area contributed by atoms with E-state index in [-0.39, 0.29) is 11.6 Å². The molecule has 120 valence electrons. The van der Waals surface area contributed by atoms with Crippen LogP contribution >= 0.6 is 0 Å². The van der Waals surface area contributed by atoms with Gasteiger partial charge in [0.15, 0.2) is 0 Å². The summed E-state index contributed by atoms with van der Waals surface area (Å²) in [6, 6.07) is 6.61. The van der Waals surface area contributed by atoms with Gasteiger partial charge in [-0.25, -0.2) is 8.78 Å². The molecule has 1 atom stereocenters. The highest BCUT2D eigenvalue weighted by molar-refractivity contribution is 5.27. The van der Waals surface area contributed by atoms with E-state index in [0.717, 1.165) is 31.6 Å². The largest absolute Gasteiger partial charge is 0.329 e. The van der Waals surface area contributed by atoms with Crippen molar-refractivity contribution in [2.75, 3.05) is 40.3 Å². The molecule has 0 aliphatic carbocycles. The molecule has 1 aromatic carbocycles. The molecule has 0 fully saturated rings. The zero-order valence-corrected chi connectivity index (χ0v) is 13.2. The summed E-state index contributed by atoms with van der Waals surface area (Å²) in [5.74, 6) is 0. The minimum absolute atomic E-state index is 0.00383. The summed E-state index contributed by atoms with van der Waals surface area (Å²) >= 11 is 0. The Balaban J connectivity index is 2.80. The van der Waals surface area contributed by atoms with Gasteiger partial charge in [-0.1, -0.05) is 25.1 Å². The fourth-order valence-electron chi connectivity index (χ4n) is 2.52. The van der Waals surface area contributed by atoms with Crippen molar-refractivity contribution >= 4 is 0 Å². The van der Waals surface area contributed by atoms with Crippen LogP contribution in [-0.2, 0) is 0 Å². The number of likely N-dealkylation sites (N-methyl/N-ethyl adjacent to an activating group) is 1. The number of nitrogens with two attached hydrogens (primary N) is 1. The van der Waals surface area contributed by atoms with Gasteiger partial charge in [-0.2, -0.15) is 0 Å². The van der Waals surface area contributed by atoms with Gasteiger partial charge in [-0.05, 0) is 45.2 Å². The Labute approximate surface area is 126 Å². The van der Waals surface area contributed by atoms with Gasteiger partial charge in [0.2, 0.25) is 0 Å². The zero-order chi connectivity index (χ0) is 15.8. The maximum absolute atomic E-state index is 12.8. The van der Waals surface area contributed by atoms with Crippen LogP contribution in [0.2, 0.25) is 0 Å². The molecule has 2 N–H and O–H groups in total. The standard InChI is InChI=1S/C16H27F2N3/c1-4-21(10-6-9-20(2)3)15(12-19)13-7-5-8-14(11-13)16(17)18/h5,7-8,11,15-16H,4,6,9-10,12,19H2,1-3H3. The minimum atomic E-state index is -2.44. The van der Waals surface area contributed by atoms with Gasteiger partial charge in [0.05, 0.1) is 0 Å². The molecule has 1 unspecified atom stereocenters. The van der Waals surface area contributed by atoms with E-state index in [9.17, 15) is 8.78 Å². The fourth-order valence-corrected chi connectivity index (χ4v) is 2.52. The zero-order valence-electron chi connectivity index (χ0n) is 13.2. The molecule has 3 nitrogen and oxygen atoms in total. The highest BCUT2D eigenvalue weighted by Gasteiger charge is 2.19. The van der Waals surface area contributed by atoms with Crippen LogP contribution < -0.4 is 5.73 Å². The molecule has 0 radical (unpaired) electrons. The van der Waals surface area contributed by atoms with Crippen molar-refractivity contribution in [3.8, 4) is 0 Å². The van der Waals surface area contributed by atoms with Gasteiger partial charge in [0.1, 0.15) is 0 Å². The van der Waals surface area contributed by atoms with Gasteiger partial charge >= 0.3 is 0 Å². The molecular formula is C16H27F2N3. The van der Waals surface area contributed by atoms with E-state index >= 15 is 0 Å². The molecule has 0 amide bonds. The Morgan fingerprint density at radius 2 is 1.81 bits per heavy atom. The van der Waals surface area contributed by atoms with Crippen LogP contribution in [0.4, 0.5) is 8.78 Å². The van der Waals surface area contributed by atoms with Crippen molar-refractivity contribution < 1.29 is 8.78 Å². The Hall–Kier alpha value is -1.04. The van der Waals surface area contributed by atoms with Crippen molar-refractivity contribution in [2.45, 2.75) is 25.8 Å². The number of halogens is 2. The normalized spacial score (nSPS) is 13.4. The van der Waals surface area contributed by atoms with Gasteiger partial charge in [-0.3, -0.25) is 4.90 Å². The van der Waals surface area contributed by atoms with Gasteiger partial charge in [-0.15, -0.1) is 0 Å². The fraction of sp³-hybridized carbons (Fsp3) is 0.625. The van der Waals surface area contributed by atoms with Crippen molar-refractivity contribution in [2.24, 2.45) is 5.73 Å². The van der Waals surface area contributed by atoms with E-state index in [2.05, 4.69) is 16.7 Å².